The lowest BCUT2D eigenvalue weighted by Gasteiger charge is -2.37. The number of carbonyl (C=O) groups is 2. The molecule has 0 unspecified atom stereocenters. The number of thiophene rings is 1. The molecule has 0 N–H and O–H groups in total. The fourth-order valence-electron chi connectivity index (χ4n) is 4.57. The molecule has 2 heterocycles. The first-order chi connectivity index (χ1) is 17.5. The lowest BCUT2D eigenvalue weighted by atomic mass is 10.00. The van der Waals surface area contributed by atoms with Crippen molar-refractivity contribution < 1.29 is 19.1 Å². The van der Waals surface area contributed by atoms with Gasteiger partial charge < -0.3 is 19.3 Å². The van der Waals surface area contributed by atoms with E-state index >= 15 is 0 Å². The number of carbonyl (C=O) groups excluding carboxylic acids is 2. The van der Waals surface area contributed by atoms with Gasteiger partial charge in [0.05, 0.1) is 6.04 Å². The van der Waals surface area contributed by atoms with Crippen LogP contribution in [0.2, 0.25) is 0 Å². The van der Waals surface area contributed by atoms with Crippen molar-refractivity contribution in [1.82, 2.24) is 9.80 Å². The molecule has 190 valence electrons. The minimum absolute atomic E-state index is 0.0252. The smallest absolute Gasteiger partial charge is 0.254 e. The Bertz CT molecular complexity index is 1170. The number of hydrogen-bond acceptors (Lipinski definition) is 5. The van der Waals surface area contributed by atoms with Crippen LogP contribution in [0.4, 0.5) is 0 Å². The summed E-state index contributed by atoms with van der Waals surface area (Å²) in [6, 6.07) is 17.4. The Balaban J connectivity index is 1.52. The van der Waals surface area contributed by atoms with Gasteiger partial charge in [-0.2, -0.15) is 0 Å². The molecule has 0 fully saturated rings. The number of benzene rings is 2. The second kappa shape index (κ2) is 12.2. The summed E-state index contributed by atoms with van der Waals surface area (Å²) in [5, 5.41) is 2.08. The molecular formula is C29H34N2O4S. The maximum Gasteiger partial charge on any atom is 0.254 e. The van der Waals surface area contributed by atoms with Gasteiger partial charge in [0.2, 0.25) is 5.91 Å². The van der Waals surface area contributed by atoms with Crippen LogP contribution in [0.15, 0.2) is 60.0 Å². The van der Waals surface area contributed by atoms with E-state index in [0.29, 0.717) is 38.3 Å². The SMILES string of the molecule is COCCCN(CC(=O)N1CCc2sccc2[C@H]1COc1ccc(C)cc1)C(=O)c1ccccc1C. The molecule has 7 heteroatoms. The standard InChI is InChI=1S/C29H34N2O4S/c1-21-9-11-23(12-10-21)35-20-26-25-14-18-36-27(25)13-16-31(26)28(32)19-30(15-6-17-34-3)29(33)24-8-5-4-7-22(24)2/h4-5,7-12,14,18,26H,6,13,15-17,19-20H2,1-3H3/t26-/m1/s1. The summed E-state index contributed by atoms with van der Waals surface area (Å²) in [4.78, 5) is 32.0. The Labute approximate surface area is 217 Å². The lowest BCUT2D eigenvalue weighted by Crippen LogP contribution is -2.48. The van der Waals surface area contributed by atoms with E-state index in [0.717, 1.165) is 23.3 Å². The number of nitrogens with zero attached hydrogens (tertiary/aromatic N) is 2. The quantitative estimate of drug-likeness (QED) is 0.361. The van der Waals surface area contributed by atoms with Gasteiger partial charge in [0.15, 0.2) is 0 Å². The molecule has 2 amide bonds. The van der Waals surface area contributed by atoms with Crippen molar-refractivity contribution in [2.75, 3.05) is 40.0 Å². The van der Waals surface area contributed by atoms with Crippen LogP contribution in [0.5, 0.6) is 5.75 Å². The summed E-state index contributed by atoms with van der Waals surface area (Å²) in [6.45, 7) is 5.95. The van der Waals surface area contributed by atoms with Gasteiger partial charge in [-0.1, -0.05) is 35.9 Å². The highest BCUT2D eigenvalue weighted by Crippen LogP contribution is 2.34. The van der Waals surface area contributed by atoms with Crippen LogP contribution in [-0.4, -0.2) is 61.6 Å². The van der Waals surface area contributed by atoms with E-state index in [-0.39, 0.29) is 24.4 Å². The van der Waals surface area contributed by atoms with Gasteiger partial charge in [0.1, 0.15) is 18.9 Å². The molecule has 0 radical (unpaired) electrons. The topological polar surface area (TPSA) is 59.1 Å². The first-order valence-corrected chi connectivity index (χ1v) is 13.2. The summed E-state index contributed by atoms with van der Waals surface area (Å²) >= 11 is 1.73. The van der Waals surface area contributed by atoms with Crippen LogP contribution in [0, 0.1) is 13.8 Å². The number of amides is 2. The van der Waals surface area contributed by atoms with Crippen molar-refractivity contribution in [1.29, 1.82) is 0 Å². The first kappa shape index (κ1) is 25.9. The van der Waals surface area contributed by atoms with Gasteiger partial charge in [-0.05, 0) is 67.5 Å². The molecular weight excluding hydrogens is 472 g/mol. The fourth-order valence-corrected chi connectivity index (χ4v) is 5.50. The van der Waals surface area contributed by atoms with Crippen LogP contribution in [-0.2, 0) is 16.0 Å². The molecule has 4 rings (SSSR count). The number of fused-ring (bicyclic) bond motifs is 1. The van der Waals surface area contributed by atoms with E-state index < -0.39 is 0 Å². The highest BCUT2D eigenvalue weighted by Gasteiger charge is 2.33. The van der Waals surface area contributed by atoms with Crippen molar-refractivity contribution >= 4 is 23.2 Å². The number of ether oxygens (including phenoxy) is 2. The Hall–Kier alpha value is -3.16. The Morgan fingerprint density at radius 2 is 1.86 bits per heavy atom. The zero-order valence-corrected chi connectivity index (χ0v) is 22.1. The van der Waals surface area contributed by atoms with Crippen LogP contribution in [0.25, 0.3) is 0 Å². The molecule has 0 saturated carbocycles. The molecule has 1 aromatic heterocycles. The van der Waals surface area contributed by atoms with E-state index in [1.54, 1.807) is 23.3 Å². The van der Waals surface area contributed by atoms with E-state index in [4.69, 9.17) is 9.47 Å². The minimum Gasteiger partial charge on any atom is -0.491 e. The second-order valence-corrected chi connectivity index (χ2v) is 10.2. The van der Waals surface area contributed by atoms with Gasteiger partial charge in [-0.25, -0.2) is 0 Å². The maximum atomic E-state index is 13.7. The molecule has 3 aromatic rings. The molecule has 0 bridgehead atoms. The average molecular weight is 507 g/mol. The third-order valence-electron chi connectivity index (χ3n) is 6.61. The average Bonchev–Trinajstić information content (AvgIpc) is 3.37. The summed E-state index contributed by atoms with van der Waals surface area (Å²) in [5.74, 6) is 0.591. The second-order valence-electron chi connectivity index (χ2n) is 9.16. The van der Waals surface area contributed by atoms with Gasteiger partial charge in [-0.15, -0.1) is 11.3 Å². The van der Waals surface area contributed by atoms with Gasteiger partial charge >= 0.3 is 0 Å². The number of aryl methyl sites for hydroxylation is 2. The van der Waals surface area contributed by atoms with E-state index in [2.05, 4.69) is 11.4 Å². The highest BCUT2D eigenvalue weighted by molar-refractivity contribution is 7.10. The third-order valence-corrected chi connectivity index (χ3v) is 7.61. The zero-order valence-electron chi connectivity index (χ0n) is 21.2. The Kier molecular flexibility index (Phi) is 8.78. The number of methoxy groups -OCH3 is 1. The first-order valence-electron chi connectivity index (χ1n) is 12.4. The number of rotatable bonds is 10. The van der Waals surface area contributed by atoms with Crippen molar-refractivity contribution in [3.05, 3.63) is 87.1 Å². The molecule has 1 atom stereocenters. The predicted molar refractivity (Wildman–Crippen MR) is 143 cm³/mol. The van der Waals surface area contributed by atoms with Crippen LogP contribution >= 0.6 is 11.3 Å². The summed E-state index contributed by atoms with van der Waals surface area (Å²) < 4.78 is 11.3. The maximum absolute atomic E-state index is 13.7. The molecule has 36 heavy (non-hydrogen) atoms. The zero-order chi connectivity index (χ0) is 25.5. The van der Waals surface area contributed by atoms with Gasteiger partial charge in [-0.3, -0.25) is 9.59 Å². The molecule has 0 saturated heterocycles. The lowest BCUT2D eigenvalue weighted by molar-refractivity contribution is -0.135. The van der Waals surface area contributed by atoms with Crippen LogP contribution < -0.4 is 4.74 Å². The summed E-state index contributed by atoms with van der Waals surface area (Å²) in [7, 11) is 1.64. The molecule has 0 spiro atoms. The van der Waals surface area contributed by atoms with E-state index in [1.165, 1.54) is 10.4 Å². The predicted octanol–water partition coefficient (Wildman–Crippen LogP) is 5.05. The van der Waals surface area contributed by atoms with E-state index in [1.807, 2.05) is 67.3 Å². The number of hydrogen-bond donors (Lipinski definition) is 0. The third kappa shape index (κ3) is 6.15. The minimum atomic E-state index is -0.191. The highest BCUT2D eigenvalue weighted by atomic mass is 32.1. The van der Waals surface area contributed by atoms with Crippen molar-refractivity contribution in [3.8, 4) is 5.75 Å². The van der Waals surface area contributed by atoms with Crippen molar-refractivity contribution in [2.24, 2.45) is 0 Å². The molecule has 1 aliphatic heterocycles. The van der Waals surface area contributed by atoms with E-state index in [9.17, 15) is 9.59 Å². The monoisotopic (exact) mass is 506 g/mol. The van der Waals surface area contributed by atoms with Gasteiger partial charge in [0, 0.05) is 37.2 Å². The van der Waals surface area contributed by atoms with Crippen molar-refractivity contribution in [2.45, 2.75) is 32.7 Å². The summed E-state index contributed by atoms with van der Waals surface area (Å²) in [5.41, 5.74) is 3.84. The Morgan fingerprint density at radius 3 is 2.61 bits per heavy atom. The van der Waals surface area contributed by atoms with Crippen molar-refractivity contribution in [3.63, 3.8) is 0 Å². The van der Waals surface area contributed by atoms with Gasteiger partial charge in [0.25, 0.3) is 5.91 Å². The fraction of sp³-hybridized carbons (Fsp3) is 0.379. The largest absolute Gasteiger partial charge is 0.491 e. The summed E-state index contributed by atoms with van der Waals surface area (Å²) in [6.07, 6.45) is 1.48. The molecule has 1 aliphatic rings. The molecule has 0 aliphatic carbocycles. The molecule has 2 aromatic carbocycles. The Morgan fingerprint density at radius 1 is 1.08 bits per heavy atom. The molecule has 6 nitrogen and oxygen atoms in total. The van der Waals surface area contributed by atoms with Crippen LogP contribution in [0.3, 0.4) is 0 Å². The normalized spacial score (nSPS) is 14.9. The van der Waals surface area contributed by atoms with Crippen LogP contribution in [0.1, 0.15) is 44.4 Å².